The Morgan fingerprint density at radius 1 is 0.500 bits per heavy atom. The zero-order valence-corrected chi connectivity index (χ0v) is 52.0. The average Bonchev–Trinajstić information content (AvgIpc) is 3.60. The fourth-order valence-electron chi connectivity index (χ4n) is 8.27. The molecule has 88 heavy (non-hydrogen) atoms. The number of aliphatic hydroxyl groups excluding tert-OH is 1. The molecule has 8 heterocycles. The molecule has 8 aromatic rings. The number of nitrogens with zero attached hydrogens (tertiary/aromatic N) is 14. The highest BCUT2D eigenvalue weighted by Crippen LogP contribution is 2.24. The maximum atomic E-state index is 11.9. The molecule has 0 atom stereocenters. The molecule has 0 fully saturated rings. The van der Waals surface area contributed by atoms with E-state index in [0.717, 1.165) is 118 Å². The summed E-state index contributed by atoms with van der Waals surface area (Å²) in [5.74, 6) is 2.51. The molecule has 23 nitrogen and oxygen atoms in total. The van der Waals surface area contributed by atoms with Crippen LogP contribution in [-0.2, 0) is 0 Å². The minimum atomic E-state index is -0.549. The predicted molar refractivity (Wildman–Crippen MR) is 343 cm³/mol. The smallest absolute Gasteiger partial charge is 0.282 e. The molecule has 0 radical (unpaired) electrons. The Hall–Kier alpha value is -9.31. The zero-order chi connectivity index (χ0) is 63.9. The molecule has 8 rings (SSSR count). The average molecular weight is 1200 g/mol. The van der Waals surface area contributed by atoms with Gasteiger partial charge in [0, 0.05) is 81.3 Å². The molecule has 0 aliphatic heterocycles. The van der Waals surface area contributed by atoms with Crippen LogP contribution in [0.3, 0.4) is 0 Å². The fourth-order valence-corrected chi connectivity index (χ4v) is 8.27. The summed E-state index contributed by atoms with van der Waals surface area (Å²) >= 11 is 0. The van der Waals surface area contributed by atoms with E-state index in [0.29, 0.717) is 70.3 Å². The van der Waals surface area contributed by atoms with Crippen molar-refractivity contribution in [1.29, 1.82) is 5.26 Å². The van der Waals surface area contributed by atoms with Crippen LogP contribution >= 0.6 is 0 Å². The van der Waals surface area contributed by atoms with Crippen molar-refractivity contribution in [2.75, 3.05) is 111 Å². The number of pyridine rings is 8. The molecule has 0 spiro atoms. The van der Waals surface area contributed by atoms with Gasteiger partial charge < -0.3 is 55.1 Å². The van der Waals surface area contributed by atoms with E-state index < -0.39 is 4.92 Å². The fraction of sp³-hybridized carbons (Fsp3) is 0.369. The number of hydrogen-bond acceptors (Lipinski definition) is 20. The van der Waals surface area contributed by atoms with Crippen LogP contribution in [0, 0.1) is 31.9 Å². The monoisotopic (exact) mass is 1200 g/mol. The first-order valence-corrected chi connectivity index (χ1v) is 29.6. The number of ether oxygens (including phenoxy) is 3. The molecule has 8 aromatic heterocycles. The van der Waals surface area contributed by atoms with Gasteiger partial charge in [0.05, 0.1) is 52.5 Å². The van der Waals surface area contributed by atoms with Gasteiger partial charge in [0.25, 0.3) is 5.69 Å². The predicted octanol–water partition coefficient (Wildman–Crippen LogP) is 8.90. The Morgan fingerprint density at radius 3 is 1.27 bits per heavy atom. The molecule has 0 aliphatic rings. The number of nitro groups is 1. The second kappa shape index (κ2) is 40.9. The number of nitriles is 1. The van der Waals surface area contributed by atoms with E-state index in [1.54, 1.807) is 61.1 Å². The third kappa shape index (κ3) is 25.3. The molecule has 3 N–H and O–H groups in total. The number of hydrogen-bond donors (Lipinski definition) is 2. The highest BCUT2D eigenvalue weighted by atomic mass is 16.6. The highest BCUT2D eigenvalue weighted by Gasteiger charge is 2.17. The standard InChI is InChI=1S/C17H20N4O.C16H22N4O.C16H21N3O2.C10H7N3O3.C6H15NO/c1-3-21(4-2)9-10-22-15-11-14(13-18)20-17(12-15)16-7-5-6-8-19-16;1-3-20(4-2)9-10-21-13-11-15(19-16(17)12-13)14-7-5-6-8-18-14;1-3-18(4-2)11-12-21-14-8-10-19(20)16(13-14)15-7-5-6-9-17-15;14-12-6-4-8(13(15)16)7-10(12)9-3-1-2-5-11-9;1-3-7(4-2)5-6-8/h5-8,11-12H,3-4,9-10H2,1-2H3;5-8,11-12H,3-4,9-10H2,1-2H3,(H2,17,19);5-10,13H,3-4,11-12H2,1-2H3;1-7H;8H,3-6H2,1-2H3. The molecule has 0 saturated carbocycles. The van der Waals surface area contributed by atoms with Crippen molar-refractivity contribution < 1.29 is 33.7 Å². The summed E-state index contributed by atoms with van der Waals surface area (Å²) in [6.07, 6.45) is 9.19. The molecule has 0 amide bonds. The molecule has 0 unspecified atom stereocenters. The van der Waals surface area contributed by atoms with E-state index in [9.17, 15) is 20.5 Å². The van der Waals surface area contributed by atoms with Gasteiger partial charge in [0.15, 0.2) is 12.4 Å². The zero-order valence-electron chi connectivity index (χ0n) is 52.0. The Kier molecular flexibility index (Phi) is 33.1. The molecule has 23 heteroatoms. The van der Waals surface area contributed by atoms with Crippen LogP contribution in [0.2, 0.25) is 0 Å². The first kappa shape index (κ1) is 71.2. The van der Waals surface area contributed by atoms with E-state index in [1.165, 1.54) is 18.5 Å². The largest absolute Gasteiger partial charge is 0.618 e. The van der Waals surface area contributed by atoms with E-state index in [1.807, 2.05) is 66.7 Å². The van der Waals surface area contributed by atoms with Crippen LogP contribution in [0.15, 0.2) is 159 Å². The van der Waals surface area contributed by atoms with E-state index in [-0.39, 0.29) is 18.0 Å². The SMILES string of the molecule is CCN(CC)CCO.CCN(CC)CCOc1cc(C#N)nc(-c2ccccn2)c1.CCN(CC)CCOc1cc(N)nc(-c2ccccn2)c1.CCN(CC)CCOc1cc[n+]([O-])c(-c2ccccn2)c1.O=[N+]([O-])c1cc[n+]([O-])c(-c2ccccn2)c1. The maximum absolute atomic E-state index is 11.9. The first-order valence-electron chi connectivity index (χ1n) is 29.6. The lowest BCUT2D eigenvalue weighted by Gasteiger charge is -2.18. The lowest BCUT2D eigenvalue weighted by atomic mass is 10.2. The van der Waals surface area contributed by atoms with E-state index in [4.69, 9.17) is 30.3 Å². The van der Waals surface area contributed by atoms with Crippen molar-refractivity contribution in [2.45, 2.75) is 55.4 Å². The van der Waals surface area contributed by atoms with Crippen LogP contribution in [0.5, 0.6) is 17.2 Å². The van der Waals surface area contributed by atoms with Crippen molar-refractivity contribution in [3.8, 4) is 68.9 Å². The van der Waals surface area contributed by atoms with Gasteiger partial charge in [0.1, 0.15) is 66.0 Å². The van der Waals surface area contributed by atoms with Crippen LogP contribution in [0.1, 0.15) is 61.1 Å². The number of aromatic nitrogens is 8. The Morgan fingerprint density at radius 2 is 0.886 bits per heavy atom. The van der Waals surface area contributed by atoms with E-state index in [2.05, 4.69) is 111 Å². The Bertz CT molecular complexity index is 3250. The van der Waals surface area contributed by atoms with Crippen LogP contribution < -0.4 is 29.4 Å². The van der Waals surface area contributed by atoms with Crippen molar-refractivity contribution >= 4 is 11.5 Å². The number of aliphatic hydroxyl groups is 1. The Labute approximate surface area is 517 Å². The molecule has 0 aromatic carbocycles. The summed E-state index contributed by atoms with van der Waals surface area (Å²) in [6, 6.07) is 36.8. The minimum Gasteiger partial charge on any atom is -0.618 e. The van der Waals surface area contributed by atoms with Crippen LogP contribution in [-0.4, -0.2) is 164 Å². The van der Waals surface area contributed by atoms with Crippen molar-refractivity contribution in [3.63, 3.8) is 0 Å². The number of likely N-dealkylation sites (N-methyl/N-ethyl adjacent to an activating group) is 4. The quantitative estimate of drug-likeness (QED) is 0.0210. The summed E-state index contributed by atoms with van der Waals surface area (Å²) in [6.45, 7) is 30.7. The number of anilines is 1. The third-order valence-corrected chi connectivity index (χ3v) is 13.5. The third-order valence-electron chi connectivity index (χ3n) is 13.5. The lowest BCUT2D eigenvalue weighted by Crippen LogP contribution is -2.29. The molecular weight excluding hydrogens is 1120 g/mol. The summed E-state index contributed by atoms with van der Waals surface area (Å²) in [4.78, 5) is 44.4. The van der Waals surface area contributed by atoms with Gasteiger partial charge in [-0.3, -0.25) is 20.1 Å². The van der Waals surface area contributed by atoms with Crippen molar-refractivity contribution in [3.05, 3.63) is 185 Å². The lowest BCUT2D eigenvalue weighted by molar-refractivity contribution is -0.594. The molecule has 0 bridgehead atoms. The Balaban J connectivity index is 0.000000242. The molecule has 0 aliphatic carbocycles. The summed E-state index contributed by atoms with van der Waals surface area (Å²) in [5.41, 5.74) is 10.7. The first-order chi connectivity index (χ1) is 42.8. The summed E-state index contributed by atoms with van der Waals surface area (Å²) in [5, 5.41) is 51.5. The number of rotatable bonds is 27. The van der Waals surface area contributed by atoms with Gasteiger partial charge in [0.2, 0.25) is 11.4 Å². The minimum absolute atomic E-state index is 0.132. The summed E-state index contributed by atoms with van der Waals surface area (Å²) < 4.78 is 18.7. The molecule has 0 saturated heterocycles. The van der Waals surface area contributed by atoms with Gasteiger partial charge in [-0.15, -0.1) is 0 Å². The highest BCUT2D eigenvalue weighted by molar-refractivity contribution is 5.60. The second-order valence-electron chi connectivity index (χ2n) is 19.0. The number of nitrogens with two attached hydrogens (primary N) is 1. The van der Waals surface area contributed by atoms with Crippen molar-refractivity contribution in [2.24, 2.45) is 0 Å². The second-order valence-corrected chi connectivity index (χ2v) is 19.0. The van der Waals surface area contributed by atoms with Crippen molar-refractivity contribution in [1.82, 2.24) is 49.5 Å². The molecular formula is C65H85N15O8. The van der Waals surface area contributed by atoms with Gasteiger partial charge >= 0.3 is 0 Å². The number of nitrogen functional groups attached to an aromatic ring is 1. The van der Waals surface area contributed by atoms with Gasteiger partial charge in [-0.05, 0) is 101 Å². The van der Waals surface area contributed by atoms with Gasteiger partial charge in [-0.2, -0.15) is 14.7 Å². The normalized spacial score (nSPS) is 10.5. The van der Waals surface area contributed by atoms with Crippen LogP contribution in [0.25, 0.3) is 45.6 Å². The topological polar surface area (TPSA) is 285 Å². The van der Waals surface area contributed by atoms with E-state index >= 15 is 0 Å². The van der Waals surface area contributed by atoms with Gasteiger partial charge in [-0.25, -0.2) is 19.9 Å². The maximum Gasteiger partial charge on any atom is 0.282 e. The summed E-state index contributed by atoms with van der Waals surface area (Å²) in [7, 11) is 0. The van der Waals surface area contributed by atoms with Crippen LogP contribution in [0.4, 0.5) is 11.5 Å². The van der Waals surface area contributed by atoms with Gasteiger partial charge in [-0.1, -0.05) is 79.7 Å². The molecule has 468 valence electrons.